The highest BCUT2D eigenvalue weighted by atomic mass is 32.1. The van der Waals surface area contributed by atoms with Crippen LogP contribution in [-0.2, 0) is 0 Å². The maximum atomic E-state index is 10.8. The topological polar surface area (TPSA) is 37.3 Å². The molecule has 1 rings (SSSR count). The minimum absolute atomic E-state index is 0.302. The van der Waals surface area contributed by atoms with Gasteiger partial charge in [-0.2, -0.15) is 12.6 Å². The van der Waals surface area contributed by atoms with Crippen molar-refractivity contribution in [2.45, 2.75) is 6.92 Å². The highest BCUT2D eigenvalue weighted by Crippen LogP contribution is 2.12. The van der Waals surface area contributed by atoms with Gasteiger partial charge in [0, 0.05) is 5.56 Å². The number of carboxylic acids is 1. The number of carbonyl (C=O) groups is 1. The molecule has 3 heteroatoms. The van der Waals surface area contributed by atoms with Crippen molar-refractivity contribution in [3.05, 3.63) is 34.9 Å². The van der Waals surface area contributed by atoms with E-state index in [-0.39, 0.29) is 0 Å². The first-order valence-electron chi connectivity index (χ1n) is 4.09. The molecule has 0 fully saturated rings. The fourth-order valence-corrected chi connectivity index (χ4v) is 1.22. The summed E-state index contributed by atoms with van der Waals surface area (Å²) in [5.41, 5.74) is 1.75. The van der Waals surface area contributed by atoms with Crippen LogP contribution in [0, 0.1) is 18.8 Å². The van der Waals surface area contributed by atoms with Crippen LogP contribution in [0.15, 0.2) is 18.2 Å². The predicted octanol–water partition coefficient (Wildman–Crippen LogP) is 1.97. The van der Waals surface area contributed by atoms with Crippen LogP contribution in [0.2, 0.25) is 0 Å². The predicted molar refractivity (Wildman–Crippen MR) is 58.9 cm³/mol. The molecular formula is C11H10O2S. The van der Waals surface area contributed by atoms with Gasteiger partial charge in [0.05, 0.1) is 11.3 Å². The van der Waals surface area contributed by atoms with Crippen LogP contribution in [0.1, 0.15) is 21.5 Å². The summed E-state index contributed by atoms with van der Waals surface area (Å²) in [6.45, 7) is 1.76. The molecule has 1 aromatic rings. The number of aromatic carboxylic acids is 1. The van der Waals surface area contributed by atoms with Gasteiger partial charge in [-0.3, -0.25) is 0 Å². The average molecular weight is 206 g/mol. The zero-order chi connectivity index (χ0) is 10.6. The van der Waals surface area contributed by atoms with Crippen molar-refractivity contribution in [1.29, 1.82) is 0 Å². The van der Waals surface area contributed by atoms with Crippen LogP contribution in [0.25, 0.3) is 0 Å². The largest absolute Gasteiger partial charge is 0.478 e. The smallest absolute Gasteiger partial charge is 0.335 e. The molecule has 0 spiro atoms. The molecule has 1 aromatic carbocycles. The second kappa shape index (κ2) is 4.73. The SMILES string of the molecule is Cc1c(C#CCS)cccc1C(=O)O. The highest BCUT2D eigenvalue weighted by molar-refractivity contribution is 7.80. The summed E-state index contributed by atoms with van der Waals surface area (Å²) in [5.74, 6) is 5.21. The quantitative estimate of drug-likeness (QED) is 0.544. The first-order chi connectivity index (χ1) is 6.66. The van der Waals surface area contributed by atoms with E-state index in [4.69, 9.17) is 5.11 Å². The van der Waals surface area contributed by atoms with E-state index in [1.165, 1.54) is 0 Å². The van der Waals surface area contributed by atoms with Gasteiger partial charge in [-0.25, -0.2) is 4.79 Å². The lowest BCUT2D eigenvalue weighted by molar-refractivity contribution is 0.0696. The number of carboxylic acid groups (broad SMARTS) is 1. The molecule has 1 N–H and O–H groups in total. The van der Waals surface area contributed by atoms with Gasteiger partial charge in [-0.15, -0.1) is 0 Å². The number of hydrogen-bond acceptors (Lipinski definition) is 2. The van der Waals surface area contributed by atoms with E-state index < -0.39 is 5.97 Å². The average Bonchev–Trinajstić information content (AvgIpc) is 2.16. The third-order valence-electron chi connectivity index (χ3n) is 1.87. The van der Waals surface area contributed by atoms with Gasteiger partial charge in [0.25, 0.3) is 0 Å². The number of benzene rings is 1. The second-order valence-corrected chi connectivity index (χ2v) is 3.06. The van der Waals surface area contributed by atoms with Crippen molar-refractivity contribution in [3.63, 3.8) is 0 Å². The number of hydrogen-bond donors (Lipinski definition) is 2. The van der Waals surface area contributed by atoms with E-state index in [1.807, 2.05) is 0 Å². The van der Waals surface area contributed by atoms with Crippen molar-refractivity contribution in [1.82, 2.24) is 0 Å². The summed E-state index contributed by atoms with van der Waals surface area (Å²) in [4.78, 5) is 10.8. The Hall–Kier alpha value is -1.40. The minimum atomic E-state index is -0.919. The molecule has 0 aromatic heterocycles. The fraction of sp³-hybridized carbons (Fsp3) is 0.182. The van der Waals surface area contributed by atoms with Crippen molar-refractivity contribution in [3.8, 4) is 11.8 Å². The third-order valence-corrected chi connectivity index (χ3v) is 2.02. The van der Waals surface area contributed by atoms with Crippen molar-refractivity contribution >= 4 is 18.6 Å². The number of rotatable bonds is 1. The van der Waals surface area contributed by atoms with Crippen LogP contribution in [-0.4, -0.2) is 16.8 Å². The Bertz CT molecular complexity index is 413. The van der Waals surface area contributed by atoms with Crippen molar-refractivity contribution in [2.75, 3.05) is 5.75 Å². The Morgan fingerprint density at radius 3 is 2.86 bits per heavy atom. The van der Waals surface area contributed by atoms with Gasteiger partial charge in [-0.05, 0) is 24.6 Å². The van der Waals surface area contributed by atoms with E-state index in [9.17, 15) is 4.79 Å². The lowest BCUT2D eigenvalue weighted by Gasteiger charge is -2.01. The van der Waals surface area contributed by atoms with Crippen LogP contribution in [0.4, 0.5) is 0 Å². The molecule has 0 bridgehead atoms. The first kappa shape index (κ1) is 10.7. The molecule has 0 aliphatic rings. The summed E-state index contributed by atoms with van der Waals surface area (Å²) >= 11 is 3.96. The Kier molecular flexibility index (Phi) is 3.61. The normalized spacial score (nSPS) is 9.00. The molecule has 0 atom stereocenters. The molecule has 0 heterocycles. The Morgan fingerprint density at radius 2 is 2.29 bits per heavy atom. The molecule has 0 radical (unpaired) electrons. The van der Waals surface area contributed by atoms with E-state index in [0.29, 0.717) is 16.9 Å². The Morgan fingerprint density at radius 1 is 1.57 bits per heavy atom. The molecule has 0 aliphatic heterocycles. The maximum Gasteiger partial charge on any atom is 0.335 e. The van der Waals surface area contributed by atoms with Crippen LogP contribution < -0.4 is 0 Å². The van der Waals surface area contributed by atoms with Crippen LogP contribution in [0.5, 0.6) is 0 Å². The van der Waals surface area contributed by atoms with Crippen LogP contribution >= 0.6 is 12.6 Å². The van der Waals surface area contributed by atoms with Gasteiger partial charge in [0.1, 0.15) is 0 Å². The summed E-state index contributed by atoms with van der Waals surface area (Å²) < 4.78 is 0. The van der Waals surface area contributed by atoms with Gasteiger partial charge in [0.2, 0.25) is 0 Å². The van der Waals surface area contributed by atoms with Crippen molar-refractivity contribution in [2.24, 2.45) is 0 Å². The lowest BCUT2D eigenvalue weighted by Crippen LogP contribution is -2.00. The summed E-state index contributed by atoms with van der Waals surface area (Å²) in [6.07, 6.45) is 0. The fourth-order valence-electron chi connectivity index (χ4n) is 1.14. The molecular weight excluding hydrogens is 196 g/mol. The molecule has 0 unspecified atom stereocenters. The zero-order valence-corrected chi connectivity index (χ0v) is 8.64. The molecule has 0 saturated carbocycles. The third kappa shape index (κ3) is 2.30. The van der Waals surface area contributed by atoms with Gasteiger partial charge in [0.15, 0.2) is 0 Å². The Balaban J connectivity index is 3.20. The summed E-state index contributed by atoms with van der Waals surface area (Å²) in [5, 5.41) is 8.85. The van der Waals surface area contributed by atoms with E-state index in [0.717, 1.165) is 5.56 Å². The molecule has 0 aliphatic carbocycles. The van der Waals surface area contributed by atoms with Crippen LogP contribution in [0.3, 0.4) is 0 Å². The molecule has 2 nitrogen and oxygen atoms in total. The lowest BCUT2D eigenvalue weighted by atomic mass is 10.0. The van der Waals surface area contributed by atoms with E-state index in [1.54, 1.807) is 25.1 Å². The molecule has 14 heavy (non-hydrogen) atoms. The second-order valence-electron chi connectivity index (χ2n) is 2.74. The summed E-state index contributed by atoms with van der Waals surface area (Å²) in [7, 11) is 0. The highest BCUT2D eigenvalue weighted by Gasteiger charge is 2.07. The van der Waals surface area contributed by atoms with E-state index >= 15 is 0 Å². The maximum absolute atomic E-state index is 10.8. The standard InChI is InChI=1S/C11H10O2S/c1-8-9(5-3-7-14)4-2-6-10(8)11(12)13/h2,4,6,14H,7H2,1H3,(H,12,13). The first-order valence-corrected chi connectivity index (χ1v) is 4.72. The van der Waals surface area contributed by atoms with Gasteiger partial charge < -0.3 is 5.11 Å². The monoisotopic (exact) mass is 206 g/mol. The van der Waals surface area contributed by atoms with E-state index in [2.05, 4.69) is 24.5 Å². The van der Waals surface area contributed by atoms with Gasteiger partial charge >= 0.3 is 5.97 Å². The molecule has 72 valence electrons. The number of thiol groups is 1. The molecule has 0 saturated heterocycles. The molecule has 0 amide bonds. The summed E-state index contributed by atoms with van der Waals surface area (Å²) in [6, 6.07) is 5.07. The Labute approximate surface area is 88.4 Å². The van der Waals surface area contributed by atoms with Gasteiger partial charge in [-0.1, -0.05) is 17.9 Å². The van der Waals surface area contributed by atoms with Crippen molar-refractivity contribution < 1.29 is 9.90 Å². The zero-order valence-electron chi connectivity index (χ0n) is 7.74. The minimum Gasteiger partial charge on any atom is -0.478 e.